The van der Waals surface area contributed by atoms with Gasteiger partial charge in [0.25, 0.3) is 11.5 Å². The van der Waals surface area contributed by atoms with Crippen LogP contribution in [0.4, 0.5) is 18.0 Å². The average Bonchev–Trinajstić information content (AvgIpc) is 3.27. The molecule has 0 aliphatic rings. The standard InChI is InChI=1S/C25H26F3N3O4/c1-3-13-35-23(33)31-15-17(20-16-29-21-12-8-7-11-19(20)21)14-30-22(32)24(34-2,25(26,27)28)18-9-5-4-6-10-18/h3-12,16-17,29H,1,13-15H2,2H3,(H,30,32)(H,31,33)/t17-,24-/m1/s1. The Labute approximate surface area is 200 Å². The van der Waals surface area contributed by atoms with Gasteiger partial charge in [-0.25, -0.2) is 4.79 Å². The summed E-state index contributed by atoms with van der Waals surface area (Å²) in [6.07, 6.45) is -2.65. The van der Waals surface area contributed by atoms with Gasteiger partial charge in [-0.2, -0.15) is 13.2 Å². The molecule has 2 aromatic carbocycles. The van der Waals surface area contributed by atoms with E-state index in [0.717, 1.165) is 18.0 Å². The second-order valence-electron chi connectivity index (χ2n) is 7.71. The quantitative estimate of drug-likeness (QED) is 0.369. The number of H-pyrrole nitrogens is 1. The number of nitrogens with one attached hydrogen (secondary N) is 3. The van der Waals surface area contributed by atoms with Crippen molar-refractivity contribution in [3.8, 4) is 0 Å². The van der Waals surface area contributed by atoms with Gasteiger partial charge in [-0.05, 0) is 11.6 Å². The second-order valence-corrected chi connectivity index (χ2v) is 7.71. The molecule has 0 unspecified atom stereocenters. The summed E-state index contributed by atoms with van der Waals surface area (Å²) in [7, 11) is 0.842. The van der Waals surface area contributed by atoms with E-state index in [1.165, 1.54) is 30.3 Å². The summed E-state index contributed by atoms with van der Waals surface area (Å²) in [5.74, 6) is -1.94. The number of fused-ring (bicyclic) bond motifs is 1. The Kier molecular flexibility index (Phi) is 8.18. The summed E-state index contributed by atoms with van der Waals surface area (Å²) in [5.41, 5.74) is -2.03. The fraction of sp³-hybridized carbons (Fsp3) is 0.280. The number of alkyl carbamates (subject to hydrolysis) is 1. The lowest BCUT2D eigenvalue weighted by Gasteiger charge is -2.33. The number of carbonyl (C=O) groups is 2. The number of ether oxygens (including phenoxy) is 2. The van der Waals surface area contributed by atoms with Crippen molar-refractivity contribution in [2.45, 2.75) is 17.7 Å². The number of methoxy groups -OCH3 is 1. The van der Waals surface area contributed by atoms with Gasteiger partial charge in [0.15, 0.2) is 0 Å². The number of hydrogen-bond acceptors (Lipinski definition) is 4. The number of aromatic amines is 1. The lowest BCUT2D eigenvalue weighted by atomic mass is 9.91. The normalized spacial score (nSPS) is 14.1. The molecule has 3 rings (SSSR count). The Morgan fingerprint density at radius 3 is 2.37 bits per heavy atom. The summed E-state index contributed by atoms with van der Waals surface area (Å²) >= 11 is 0. The summed E-state index contributed by atoms with van der Waals surface area (Å²) in [6, 6.07) is 14.0. The van der Waals surface area contributed by atoms with Crippen LogP contribution in [0.15, 0.2) is 73.4 Å². The number of para-hydroxylation sites is 1. The fourth-order valence-electron chi connectivity index (χ4n) is 3.88. The van der Waals surface area contributed by atoms with Gasteiger partial charge in [0.2, 0.25) is 0 Å². The monoisotopic (exact) mass is 489 g/mol. The average molecular weight is 489 g/mol. The highest BCUT2D eigenvalue weighted by Gasteiger charge is 2.62. The van der Waals surface area contributed by atoms with Gasteiger partial charge < -0.3 is 25.1 Å². The number of aromatic nitrogens is 1. The van der Waals surface area contributed by atoms with E-state index in [9.17, 15) is 22.8 Å². The van der Waals surface area contributed by atoms with Gasteiger partial charge in [0.1, 0.15) is 6.61 Å². The van der Waals surface area contributed by atoms with Crippen molar-refractivity contribution in [3.63, 3.8) is 0 Å². The summed E-state index contributed by atoms with van der Waals surface area (Å²) in [5, 5.41) is 5.78. The van der Waals surface area contributed by atoms with Gasteiger partial charge in [-0.3, -0.25) is 4.79 Å². The van der Waals surface area contributed by atoms with Crippen molar-refractivity contribution >= 4 is 22.9 Å². The summed E-state index contributed by atoms with van der Waals surface area (Å²) in [6.45, 7) is 3.25. The first-order chi connectivity index (χ1) is 16.7. The zero-order valence-corrected chi connectivity index (χ0v) is 19.0. The second kappa shape index (κ2) is 11.1. The van der Waals surface area contributed by atoms with E-state index in [1.807, 2.05) is 24.3 Å². The highest BCUT2D eigenvalue weighted by atomic mass is 19.4. The predicted octanol–water partition coefficient (Wildman–Crippen LogP) is 4.38. The first kappa shape index (κ1) is 25.8. The Hall–Kier alpha value is -3.79. The predicted molar refractivity (Wildman–Crippen MR) is 125 cm³/mol. The van der Waals surface area contributed by atoms with Crippen LogP contribution < -0.4 is 10.6 Å². The minimum Gasteiger partial charge on any atom is -0.445 e. The van der Waals surface area contributed by atoms with Crippen molar-refractivity contribution in [2.24, 2.45) is 0 Å². The van der Waals surface area contributed by atoms with Crippen LogP contribution in [0.1, 0.15) is 17.0 Å². The lowest BCUT2D eigenvalue weighted by Crippen LogP contribution is -2.56. The molecule has 0 fully saturated rings. The smallest absolute Gasteiger partial charge is 0.430 e. The Morgan fingerprint density at radius 1 is 1.06 bits per heavy atom. The highest BCUT2D eigenvalue weighted by molar-refractivity contribution is 5.88. The van der Waals surface area contributed by atoms with E-state index in [1.54, 1.807) is 12.3 Å². The zero-order chi connectivity index (χ0) is 25.5. The molecule has 0 saturated carbocycles. The maximum Gasteiger partial charge on any atom is 0.430 e. The summed E-state index contributed by atoms with van der Waals surface area (Å²) < 4.78 is 52.4. The topological polar surface area (TPSA) is 92.5 Å². The molecule has 1 aromatic heterocycles. The van der Waals surface area contributed by atoms with Gasteiger partial charge >= 0.3 is 12.3 Å². The number of rotatable bonds is 10. The van der Waals surface area contributed by atoms with E-state index in [2.05, 4.69) is 22.2 Å². The highest BCUT2D eigenvalue weighted by Crippen LogP contribution is 2.42. The molecule has 0 aliphatic carbocycles. The zero-order valence-electron chi connectivity index (χ0n) is 19.0. The molecule has 7 nitrogen and oxygen atoms in total. The van der Waals surface area contributed by atoms with Crippen LogP contribution in [0.25, 0.3) is 10.9 Å². The number of benzene rings is 2. The molecule has 0 radical (unpaired) electrons. The van der Waals surface area contributed by atoms with Crippen LogP contribution in [0, 0.1) is 0 Å². The fourth-order valence-corrected chi connectivity index (χ4v) is 3.88. The van der Waals surface area contributed by atoms with Gasteiger partial charge in [0.05, 0.1) is 0 Å². The van der Waals surface area contributed by atoms with Gasteiger partial charge in [0, 0.05) is 48.8 Å². The lowest BCUT2D eigenvalue weighted by molar-refractivity contribution is -0.265. The molecule has 3 aromatic rings. The maximum absolute atomic E-state index is 14.2. The van der Waals surface area contributed by atoms with Crippen LogP contribution in [-0.4, -0.2) is 50.0 Å². The third-order valence-corrected chi connectivity index (χ3v) is 5.60. The van der Waals surface area contributed by atoms with Crippen LogP contribution in [0.3, 0.4) is 0 Å². The molecule has 2 atom stereocenters. The SMILES string of the molecule is C=CCOC(=O)NC[C@@H](CNC(=O)[C@](OC)(c1ccccc1)C(F)(F)F)c1c[nH]c2ccccc12. The minimum atomic E-state index is -5.03. The van der Waals surface area contributed by atoms with Crippen molar-refractivity contribution in [1.82, 2.24) is 15.6 Å². The summed E-state index contributed by atoms with van der Waals surface area (Å²) in [4.78, 5) is 28.1. The number of halogens is 3. The first-order valence-electron chi connectivity index (χ1n) is 10.8. The first-order valence-corrected chi connectivity index (χ1v) is 10.8. The van der Waals surface area contributed by atoms with E-state index >= 15 is 0 Å². The number of carbonyl (C=O) groups excluding carboxylic acids is 2. The van der Waals surface area contributed by atoms with E-state index in [-0.39, 0.29) is 25.3 Å². The molecule has 10 heteroatoms. The van der Waals surface area contributed by atoms with Crippen LogP contribution in [0.5, 0.6) is 0 Å². The molecule has 3 N–H and O–H groups in total. The van der Waals surface area contributed by atoms with Crippen molar-refractivity contribution in [1.29, 1.82) is 0 Å². The molecule has 0 saturated heterocycles. The molecule has 35 heavy (non-hydrogen) atoms. The Morgan fingerprint density at radius 2 is 1.71 bits per heavy atom. The Bertz CT molecular complexity index is 1160. The number of hydrogen-bond donors (Lipinski definition) is 3. The van der Waals surface area contributed by atoms with Crippen LogP contribution >= 0.6 is 0 Å². The van der Waals surface area contributed by atoms with Crippen LogP contribution in [0.2, 0.25) is 0 Å². The molecule has 0 aliphatic heterocycles. The van der Waals surface area contributed by atoms with E-state index in [4.69, 9.17) is 9.47 Å². The third kappa shape index (κ3) is 5.48. The molecule has 1 heterocycles. The van der Waals surface area contributed by atoms with Crippen molar-refractivity contribution < 1.29 is 32.2 Å². The minimum absolute atomic E-state index is 0.000656. The molecule has 2 amide bonds. The van der Waals surface area contributed by atoms with Gasteiger partial charge in [-0.15, -0.1) is 0 Å². The molecular formula is C25H26F3N3O4. The molecule has 0 bridgehead atoms. The number of alkyl halides is 3. The molecular weight excluding hydrogens is 463 g/mol. The van der Waals surface area contributed by atoms with Crippen molar-refractivity contribution in [2.75, 3.05) is 26.8 Å². The molecule has 186 valence electrons. The third-order valence-electron chi connectivity index (χ3n) is 5.60. The van der Waals surface area contributed by atoms with E-state index in [0.29, 0.717) is 5.56 Å². The largest absolute Gasteiger partial charge is 0.445 e. The molecule has 0 spiro atoms. The maximum atomic E-state index is 14.2. The number of amides is 2. The van der Waals surface area contributed by atoms with Crippen LogP contribution in [-0.2, 0) is 19.9 Å². The van der Waals surface area contributed by atoms with Crippen molar-refractivity contribution in [3.05, 3.63) is 84.6 Å². The van der Waals surface area contributed by atoms with Gasteiger partial charge in [-0.1, -0.05) is 61.2 Å². The van der Waals surface area contributed by atoms with E-state index < -0.39 is 29.7 Å². The Balaban J connectivity index is 1.88.